The summed E-state index contributed by atoms with van der Waals surface area (Å²) in [6.07, 6.45) is 4.64. The molecule has 3 unspecified atom stereocenters. The lowest BCUT2D eigenvalue weighted by Gasteiger charge is -2.10. The van der Waals surface area contributed by atoms with Crippen LogP contribution in [0.4, 0.5) is 0 Å². The normalized spacial score (nSPS) is 26.6. The highest BCUT2D eigenvalue weighted by Gasteiger charge is 2.38. The SMILES string of the molecule is CCC(CC1OC1CC)c1ccc(Br)s1. The van der Waals surface area contributed by atoms with Crippen molar-refractivity contribution < 1.29 is 4.74 Å². The van der Waals surface area contributed by atoms with Crippen LogP contribution in [0.3, 0.4) is 0 Å². The molecule has 0 radical (unpaired) electrons. The second-order valence-electron chi connectivity index (χ2n) is 4.10. The molecule has 1 aliphatic rings. The lowest BCUT2D eigenvalue weighted by atomic mass is 9.97. The molecule has 0 spiro atoms. The lowest BCUT2D eigenvalue weighted by molar-refractivity contribution is 0.349. The van der Waals surface area contributed by atoms with E-state index in [-0.39, 0.29) is 0 Å². The van der Waals surface area contributed by atoms with Crippen LogP contribution in [0.2, 0.25) is 0 Å². The van der Waals surface area contributed by atoms with Crippen molar-refractivity contribution in [2.75, 3.05) is 0 Å². The number of hydrogen-bond donors (Lipinski definition) is 0. The molecule has 1 nitrogen and oxygen atoms in total. The first-order chi connectivity index (χ1) is 7.24. The summed E-state index contributed by atoms with van der Waals surface area (Å²) in [5.41, 5.74) is 0. The van der Waals surface area contributed by atoms with Gasteiger partial charge in [0.25, 0.3) is 0 Å². The summed E-state index contributed by atoms with van der Waals surface area (Å²) < 4.78 is 6.86. The summed E-state index contributed by atoms with van der Waals surface area (Å²) in [5, 5.41) is 0. The van der Waals surface area contributed by atoms with E-state index in [2.05, 4.69) is 41.9 Å². The Balaban J connectivity index is 1.93. The van der Waals surface area contributed by atoms with Gasteiger partial charge in [-0.25, -0.2) is 0 Å². The fourth-order valence-corrected chi connectivity index (χ4v) is 3.68. The van der Waals surface area contributed by atoms with Crippen molar-refractivity contribution in [1.82, 2.24) is 0 Å². The molecule has 2 rings (SSSR count). The first-order valence-corrected chi connectivity index (χ1v) is 7.26. The molecule has 2 heterocycles. The minimum absolute atomic E-state index is 0.529. The van der Waals surface area contributed by atoms with E-state index in [0.717, 1.165) is 6.42 Å². The minimum atomic E-state index is 0.529. The van der Waals surface area contributed by atoms with Gasteiger partial charge in [0.1, 0.15) is 0 Å². The average Bonchev–Trinajstić information content (AvgIpc) is 2.87. The number of epoxide rings is 1. The number of hydrogen-bond acceptors (Lipinski definition) is 2. The molecule has 3 atom stereocenters. The van der Waals surface area contributed by atoms with Crippen molar-refractivity contribution in [2.24, 2.45) is 0 Å². The molecule has 1 aliphatic heterocycles. The third-order valence-corrected chi connectivity index (χ3v) is 4.88. The van der Waals surface area contributed by atoms with E-state index in [1.165, 1.54) is 21.5 Å². The van der Waals surface area contributed by atoms with Crippen molar-refractivity contribution in [3.05, 3.63) is 20.8 Å². The summed E-state index contributed by atoms with van der Waals surface area (Å²) in [7, 11) is 0. The number of halogens is 1. The van der Waals surface area contributed by atoms with Gasteiger partial charge in [0.15, 0.2) is 0 Å². The van der Waals surface area contributed by atoms with E-state index in [1.807, 2.05) is 11.3 Å². The Morgan fingerprint density at radius 2 is 2.20 bits per heavy atom. The molecule has 1 fully saturated rings. The maximum atomic E-state index is 5.62. The molecule has 1 aromatic rings. The Morgan fingerprint density at radius 1 is 1.40 bits per heavy atom. The molecule has 0 aromatic carbocycles. The van der Waals surface area contributed by atoms with E-state index < -0.39 is 0 Å². The Hall–Kier alpha value is 0.140. The zero-order valence-electron chi connectivity index (χ0n) is 9.20. The summed E-state index contributed by atoms with van der Waals surface area (Å²) >= 11 is 5.38. The van der Waals surface area contributed by atoms with Gasteiger partial charge in [0.05, 0.1) is 16.0 Å². The fourth-order valence-electron chi connectivity index (χ4n) is 2.06. The topological polar surface area (TPSA) is 12.5 Å². The van der Waals surface area contributed by atoms with E-state index >= 15 is 0 Å². The Morgan fingerprint density at radius 3 is 2.67 bits per heavy atom. The van der Waals surface area contributed by atoms with Crippen LogP contribution >= 0.6 is 27.3 Å². The third-order valence-electron chi connectivity index (χ3n) is 3.10. The van der Waals surface area contributed by atoms with Crippen molar-refractivity contribution in [2.45, 2.75) is 51.2 Å². The second-order valence-corrected chi connectivity index (χ2v) is 6.60. The minimum Gasteiger partial charge on any atom is -0.370 e. The van der Waals surface area contributed by atoms with Crippen molar-refractivity contribution in [3.8, 4) is 0 Å². The van der Waals surface area contributed by atoms with Gasteiger partial charge in [0, 0.05) is 4.88 Å². The molecule has 3 heteroatoms. The highest BCUT2D eigenvalue weighted by atomic mass is 79.9. The van der Waals surface area contributed by atoms with Crippen LogP contribution in [0.1, 0.15) is 43.9 Å². The molecule has 0 amide bonds. The molecular weight excluding hydrogens is 272 g/mol. The van der Waals surface area contributed by atoms with Crippen LogP contribution in [0.15, 0.2) is 15.9 Å². The first kappa shape index (κ1) is 11.6. The van der Waals surface area contributed by atoms with Crippen LogP contribution in [0.25, 0.3) is 0 Å². The largest absolute Gasteiger partial charge is 0.370 e. The molecule has 0 saturated carbocycles. The molecule has 0 aliphatic carbocycles. The van der Waals surface area contributed by atoms with Gasteiger partial charge in [-0.3, -0.25) is 0 Å². The van der Waals surface area contributed by atoms with E-state index in [1.54, 1.807) is 0 Å². The maximum absolute atomic E-state index is 5.62. The summed E-state index contributed by atoms with van der Waals surface area (Å²) in [5.74, 6) is 0.683. The zero-order valence-corrected chi connectivity index (χ0v) is 11.6. The molecule has 0 N–H and O–H groups in total. The van der Waals surface area contributed by atoms with Gasteiger partial charge in [0.2, 0.25) is 0 Å². The van der Waals surface area contributed by atoms with Gasteiger partial charge in [-0.05, 0) is 53.2 Å². The Kier molecular flexibility index (Phi) is 3.86. The molecule has 15 heavy (non-hydrogen) atoms. The quantitative estimate of drug-likeness (QED) is 0.723. The standard InChI is InChI=1S/C12H17BrOS/c1-3-8(7-10-9(4-2)14-10)11-5-6-12(13)15-11/h5-6,8-10H,3-4,7H2,1-2H3. The van der Waals surface area contributed by atoms with E-state index in [0.29, 0.717) is 18.1 Å². The number of ether oxygens (including phenoxy) is 1. The highest BCUT2D eigenvalue weighted by Crippen LogP contribution is 2.39. The van der Waals surface area contributed by atoms with Crippen LogP contribution in [-0.2, 0) is 4.74 Å². The van der Waals surface area contributed by atoms with E-state index in [9.17, 15) is 0 Å². The third kappa shape index (κ3) is 2.83. The van der Waals surface area contributed by atoms with Gasteiger partial charge >= 0.3 is 0 Å². The van der Waals surface area contributed by atoms with Crippen LogP contribution < -0.4 is 0 Å². The van der Waals surface area contributed by atoms with Crippen LogP contribution in [-0.4, -0.2) is 12.2 Å². The smallest absolute Gasteiger partial charge is 0.0847 e. The van der Waals surface area contributed by atoms with E-state index in [4.69, 9.17) is 4.74 Å². The maximum Gasteiger partial charge on any atom is 0.0847 e. The summed E-state index contributed by atoms with van der Waals surface area (Å²) in [6.45, 7) is 4.47. The Bertz CT molecular complexity index is 323. The van der Waals surface area contributed by atoms with Crippen molar-refractivity contribution in [1.29, 1.82) is 0 Å². The second kappa shape index (κ2) is 4.98. The van der Waals surface area contributed by atoms with Gasteiger partial charge in [-0.15, -0.1) is 11.3 Å². The predicted octanol–water partition coefficient (Wildman–Crippen LogP) is 4.57. The average molecular weight is 289 g/mol. The number of thiophene rings is 1. The van der Waals surface area contributed by atoms with Gasteiger partial charge < -0.3 is 4.74 Å². The first-order valence-electron chi connectivity index (χ1n) is 5.65. The molecular formula is C12H17BrOS. The Labute approximate surface area is 104 Å². The van der Waals surface area contributed by atoms with Crippen molar-refractivity contribution >= 4 is 27.3 Å². The van der Waals surface area contributed by atoms with Crippen LogP contribution in [0.5, 0.6) is 0 Å². The van der Waals surface area contributed by atoms with Gasteiger partial charge in [-0.1, -0.05) is 13.8 Å². The lowest BCUT2D eigenvalue weighted by Crippen LogP contribution is -2.01. The molecule has 84 valence electrons. The summed E-state index contributed by atoms with van der Waals surface area (Å²) in [6, 6.07) is 4.39. The molecule has 1 saturated heterocycles. The fraction of sp³-hybridized carbons (Fsp3) is 0.667. The zero-order chi connectivity index (χ0) is 10.8. The van der Waals surface area contributed by atoms with Gasteiger partial charge in [-0.2, -0.15) is 0 Å². The summed E-state index contributed by atoms with van der Waals surface area (Å²) in [4.78, 5) is 1.50. The molecule has 1 aromatic heterocycles. The predicted molar refractivity (Wildman–Crippen MR) is 68.6 cm³/mol. The monoisotopic (exact) mass is 288 g/mol. The van der Waals surface area contributed by atoms with Crippen LogP contribution in [0, 0.1) is 0 Å². The van der Waals surface area contributed by atoms with Crippen molar-refractivity contribution in [3.63, 3.8) is 0 Å². The number of rotatable bonds is 5. The molecule has 0 bridgehead atoms. The highest BCUT2D eigenvalue weighted by molar-refractivity contribution is 9.11.